The van der Waals surface area contributed by atoms with Gasteiger partial charge in [0.2, 0.25) is 0 Å². The molecule has 0 bridgehead atoms. The highest BCUT2D eigenvalue weighted by Crippen LogP contribution is 2.33. The Balaban J connectivity index is 2.72. The van der Waals surface area contributed by atoms with Crippen molar-refractivity contribution in [2.45, 2.75) is 24.9 Å². The van der Waals surface area contributed by atoms with Crippen LogP contribution in [0.25, 0.3) is 0 Å². The molecule has 1 aromatic carbocycles. The minimum absolute atomic E-state index is 0.00282. The van der Waals surface area contributed by atoms with Gasteiger partial charge in [-0.2, -0.15) is 24.9 Å². The number of rotatable bonds is 4. The van der Waals surface area contributed by atoms with Crippen LogP contribution in [0.4, 0.5) is 13.2 Å². The highest BCUT2D eigenvalue weighted by Gasteiger charge is 2.32. The molecule has 2 N–H and O–H groups in total. The van der Waals surface area contributed by atoms with Gasteiger partial charge in [0.25, 0.3) is 0 Å². The maximum atomic E-state index is 12.6. The molecule has 0 saturated heterocycles. The molecule has 0 spiro atoms. The van der Waals surface area contributed by atoms with Gasteiger partial charge in [0.1, 0.15) is 0 Å². The third-order valence-electron chi connectivity index (χ3n) is 1.96. The van der Waals surface area contributed by atoms with E-state index in [1.807, 2.05) is 6.92 Å². The minimum Gasteiger partial charge on any atom is -0.327 e. The standard InChI is InChI=1S/C11H14F3NS/c1-8(15)6-16-7-9-4-2-3-5-10(9)11(12,13)14/h2-5,8H,6-7,15H2,1H3. The van der Waals surface area contributed by atoms with Gasteiger partial charge in [-0.05, 0) is 18.6 Å². The molecule has 16 heavy (non-hydrogen) atoms. The summed E-state index contributed by atoms with van der Waals surface area (Å²) in [6.45, 7) is 1.84. The average Bonchev–Trinajstić information content (AvgIpc) is 2.16. The maximum Gasteiger partial charge on any atom is 0.416 e. The molecule has 0 aliphatic carbocycles. The SMILES string of the molecule is CC(N)CSCc1ccccc1C(F)(F)F. The summed E-state index contributed by atoms with van der Waals surface area (Å²) in [5, 5.41) is 0. The minimum atomic E-state index is -4.27. The zero-order valence-corrected chi connectivity index (χ0v) is 9.74. The highest BCUT2D eigenvalue weighted by atomic mass is 32.2. The number of hydrogen-bond acceptors (Lipinski definition) is 2. The summed E-state index contributed by atoms with van der Waals surface area (Å²) in [4.78, 5) is 0. The van der Waals surface area contributed by atoms with Crippen LogP contribution < -0.4 is 5.73 Å². The first-order chi connectivity index (χ1) is 7.41. The first-order valence-corrected chi connectivity index (χ1v) is 6.05. The monoisotopic (exact) mass is 249 g/mol. The molecular formula is C11H14F3NS. The zero-order chi connectivity index (χ0) is 12.2. The molecule has 0 radical (unpaired) electrons. The number of thioether (sulfide) groups is 1. The molecule has 0 aliphatic rings. The smallest absolute Gasteiger partial charge is 0.327 e. The van der Waals surface area contributed by atoms with Crippen LogP contribution in [-0.4, -0.2) is 11.8 Å². The van der Waals surface area contributed by atoms with E-state index < -0.39 is 11.7 Å². The van der Waals surface area contributed by atoms with Gasteiger partial charge in [-0.15, -0.1) is 0 Å². The molecule has 1 unspecified atom stereocenters. The summed E-state index contributed by atoms with van der Waals surface area (Å²) in [6.07, 6.45) is -4.27. The lowest BCUT2D eigenvalue weighted by molar-refractivity contribution is -0.138. The van der Waals surface area contributed by atoms with Crippen molar-refractivity contribution in [2.24, 2.45) is 5.73 Å². The van der Waals surface area contributed by atoms with E-state index in [-0.39, 0.29) is 6.04 Å². The Labute approximate surface area is 97.2 Å². The summed E-state index contributed by atoms with van der Waals surface area (Å²) in [6, 6.07) is 5.65. The van der Waals surface area contributed by atoms with Crippen molar-refractivity contribution < 1.29 is 13.2 Å². The number of hydrogen-bond donors (Lipinski definition) is 1. The van der Waals surface area contributed by atoms with Crippen molar-refractivity contribution in [2.75, 3.05) is 5.75 Å². The first-order valence-electron chi connectivity index (χ1n) is 4.89. The van der Waals surface area contributed by atoms with Crippen molar-refractivity contribution in [3.63, 3.8) is 0 Å². The molecule has 1 nitrogen and oxygen atoms in total. The second kappa shape index (κ2) is 5.59. The van der Waals surface area contributed by atoms with Crippen molar-refractivity contribution >= 4 is 11.8 Å². The Morgan fingerprint density at radius 2 is 1.94 bits per heavy atom. The van der Waals surface area contributed by atoms with E-state index in [1.165, 1.54) is 23.9 Å². The predicted molar refractivity (Wildman–Crippen MR) is 61.3 cm³/mol. The summed E-state index contributed by atoms with van der Waals surface area (Å²) in [5.41, 5.74) is 5.31. The highest BCUT2D eigenvalue weighted by molar-refractivity contribution is 7.98. The molecule has 1 aromatic rings. The average molecular weight is 249 g/mol. The molecule has 0 aliphatic heterocycles. The van der Waals surface area contributed by atoms with Crippen LogP contribution in [0.1, 0.15) is 18.1 Å². The quantitative estimate of drug-likeness (QED) is 0.886. The third-order valence-corrected chi connectivity index (χ3v) is 3.24. The van der Waals surface area contributed by atoms with E-state index in [1.54, 1.807) is 6.07 Å². The fraction of sp³-hybridized carbons (Fsp3) is 0.455. The molecule has 0 heterocycles. The maximum absolute atomic E-state index is 12.6. The topological polar surface area (TPSA) is 26.0 Å². The Morgan fingerprint density at radius 3 is 2.50 bits per heavy atom. The van der Waals surface area contributed by atoms with E-state index in [0.29, 0.717) is 17.1 Å². The summed E-state index contributed by atoms with van der Waals surface area (Å²) in [5.74, 6) is 1.00. The lowest BCUT2D eigenvalue weighted by Gasteiger charge is -2.12. The number of nitrogens with two attached hydrogens (primary N) is 1. The normalized spacial score (nSPS) is 13.8. The predicted octanol–water partition coefficient (Wildman–Crippen LogP) is 3.29. The van der Waals surface area contributed by atoms with Gasteiger partial charge in [0, 0.05) is 17.5 Å². The third kappa shape index (κ3) is 4.06. The van der Waals surface area contributed by atoms with Crippen molar-refractivity contribution in [1.82, 2.24) is 0 Å². The van der Waals surface area contributed by atoms with Gasteiger partial charge >= 0.3 is 6.18 Å². The van der Waals surface area contributed by atoms with Crippen LogP contribution in [0.2, 0.25) is 0 Å². The van der Waals surface area contributed by atoms with Crippen molar-refractivity contribution in [3.05, 3.63) is 35.4 Å². The summed E-state index contributed by atoms with van der Waals surface area (Å²) < 4.78 is 37.8. The van der Waals surface area contributed by atoms with Crippen LogP contribution >= 0.6 is 11.8 Å². The molecule has 0 saturated carbocycles. The second-order valence-corrected chi connectivity index (χ2v) is 4.68. The first kappa shape index (κ1) is 13.4. The van der Waals surface area contributed by atoms with Crippen molar-refractivity contribution in [3.8, 4) is 0 Å². The van der Waals surface area contributed by atoms with Crippen LogP contribution in [0.5, 0.6) is 0 Å². The second-order valence-electron chi connectivity index (χ2n) is 3.65. The van der Waals surface area contributed by atoms with Gasteiger partial charge < -0.3 is 5.73 Å². The molecule has 1 atom stereocenters. The molecule has 0 amide bonds. The van der Waals surface area contributed by atoms with E-state index in [0.717, 1.165) is 6.07 Å². The van der Waals surface area contributed by atoms with E-state index in [4.69, 9.17) is 5.73 Å². The molecule has 5 heteroatoms. The number of halogens is 3. The number of benzene rings is 1. The summed E-state index contributed by atoms with van der Waals surface area (Å²) >= 11 is 1.42. The van der Waals surface area contributed by atoms with E-state index in [9.17, 15) is 13.2 Å². The molecule has 0 fully saturated rings. The largest absolute Gasteiger partial charge is 0.416 e. The van der Waals surface area contributed by atoms with Gasteiger partial charge in [-0.1, -0.05) is 18.2 Å². The van der Waals surface area contributed by atoms with Gasteiger partial charge in [0.05, 0.1) is 5.56 Å². The lowest BCUT2D eigenvalue weighted by atomic mass is 10.1. The van der Waals surface area contributed by atoms with Crippen molar-refractivity contribution in [1.29, 1.82) is 0 Å². The van der Waals surface area contributed by atoms with Gasteiger partial charge in [-0.25, -0.2) is 0 Å². The van der Waals surface area contributed by atoms with Crippen LogP contribution in [0, 0.1) is 0 Å². The summed E-state index contributed by atoms with van der Waals surface area (Å²) in [7, 11) is 0. The van der Waals surface area contributed by atoms with Crippen LogP contribution in [0.15, 0.2) is 24.3 Å². The van der Waals surface area contributed by atoms with E-state index >= 15 is 0 Å². The van der Waals surface area contributed by atoms with Crippen LogP contribution in [-0.2, 0) is 11.9 Å². The van der Waals surface area contributed by atoms with Gasteiger partial charge in [-0.3, -0.25) is 0 Å². The fourth-order valence-electron chi connectivity index (χ4n) is 1.28. The Hall–Kier alpha value is -0.680. The fourth-order valence-corrected chi connectivity index (χ4v) is 2.24. The molecular weight excluding hydrogens is 235 g/mol. The van der Waals surface area contributed by atoms with E-state index in [2.05, 4.69) is 0 Å². The van der Waals surface area contributed by atoms with Gasteiger partial charge in [0.15, 0.2) is 0 Å². The zero-order valence-electron chi connectivity index (χ0n) is 8.92. The molecule has 90 valence electrons. The number of alkyl halides is 3. The van der Waals surface area contributed by atoms with Crippen LogP contribution in [0.3, 0.4) is 0 Å². The Bertz CT molecular complexity index is 336. The Morgan fingerprint density at radius 1 is 1.31 bits per heavy atom. The molecule has 1 rings (SSSR count). The lowest BCUT2D eigenvalue weighted by Crippen LogP contribution is -2.17. The molecule has 0 aromatic heterocycles. The Kier molecular flexibility index (Phi) is 4.68.